The van der Waals surface area contributed by atoms with E-state index < -0.39 is 12.7 Å². The third-order valence-corrected chi connectivity index (χ3v) is 5.37. The van der Waals surface area contributed by atoms with Gasteiger partial charge in [-0.05, 0) is 30.0 Å². The molecule has 2 N–H and O–H groups in total. The minimum absolute atomic E-state index is 0.0502. The van der Waals surface area contributed by atoms with Crippen LogP contribution in [-0.2, 0) is 17.9 Å². The van der Waals surface area contributed by atoms with Gasteiger partial charge in [-0.25, -0.2) is 14.6 Å². The zero-order chi connectivity index (χ0) is 21.0. The maximum atomic E-state index is 12.8. The number of alkyl halides is 3. The van der Waals surface area contributed by atoms with Gasteiger partial charge < -0.3 is 15.0 Å². The van der Waals surface area contributed by atoms with Gasteiger partial charge in [-0.3, -0.25) is 4.79 Å². The van der Waals surface area contributed by atoms with Crippen LogP contribution in [0.3, 0.4) is 0 Å². The molecule has 8 nitrogen and oxygen atoms in total. The molecule has 2 atom stereocenters. The third kappa shape index (κ3) is 3.29. The number of nitrogens with two attached hydrogens (primary N) is 1. The molecule has 0 unspecified atom stereocenters. The number of rotatable bonds is 4. The molecule has 3 heterocycles. The molecule has 2 aromatic heterocycles. The molecule has 1 fully saturated rings. The largest absolute Gasteiger partial charge is 0.491 e. The number of carbonyl (C=O) groups is 1. The average molecular weight is 418 g/mol. The minimum Gasteiger partial charge on any atom is -0.491 e. The summed E-state index contributed by atoms with van der Waals surface area (Å²) < 4.78 is 46.9. The van der Waals surface area contributed by atoms with Crippen LogP contribution < -0.4 is 10.5 Å². The lowest BCUT2D eigenvalue weighted by Crippen LogP contribution is -2.19. The Kier molecular flexibility index (Phi) is 4.09. The monoisotopic (exact) mass is 418 g/mol. The second-order valence-electron chi connectivity index (χ2n) is 7.45. The molecule has 5 rings (SSSR count). The second kappa shape index (κ2) is 6.57. The van der Waals surface area contributed by atoms with Crippen molar-refractivity contribution in [2.45, 2.75) is 31.6 Å². The Bertz CT molecular complexity index is 1140. The Morgan fingerprint density at radius 2 is 2.13 bits per heavy atom. The van der Waals surface area contributed by atoms with Crippen LogP contribution in [0.2, 0.25) is 0 Å². The number of ether oxygens (including phenoxy) is 1. The van der Waals surface area contributed by atoms with E-state index in [1.807, 2.05) is 22.8 Å². The molecular formula is C19H17F3N6O2. The number of primary amides is 1. The zero-order valence-electron chi connectivity index (χ0n) is 15.6. The van der Waals surface area contributed by atoms with E-state index in [2.05, 4.69) is 15.1 Å². The van der Waals surface area contributed by atoms with Crippen LogP contribution in [0.1, 0.15) is 17.9 Å². The lowest BCUT2D eigenvalue weighted by Gasteiger charge is -2.09. The van der Waals surface area contributed by atoms with Gasteiger partial charge in [-0.1, -0.05) is 6.07 Å². The Hall–Kier alpha value is -3.37. The highest BCUT2D eigenvalue weighted by atomic mass is 19.4. The van der Waals surface area contributed by atoms with Crippen molar-refractivity contribution in [1.82, 2.24) is 24.3 Å². The summed E-state index contributed by atoms with van der Waals surface area (Å²) in [6, 6.07) is 5.65. The van der Waals surface area contributed by atoms with Gasteiger partial charge in [-0.2, -0.15) is 18.3 Å². The standard InChI is InChI=1S/C19H17F3N6O2/c20-19(21,22)8-28-18(24-9-25-28)14-7-27-3-4-30-15-5-10(12-6-13(12)16(23)29)1-2-11(15)17(27)26-14/h1-2,5,7,9,12-13H,3-4,6,8H2,(H2,23,29)/t12-,13+/m0/s1. The second-order valence-corrected chi connectivity index (χ2v) is 7.45. The van der Waals surface area contributed by atoms with Gasteiger partial charge in [0.2, 0.25) is 5.91 Å². The molecular weight excluding hydrogens is 401 g/mol. The fourth-order valence-electron chi connectivity index (χ4n) is 3.86. The summed E-state index contributed by atoms with van der Waals surface area (Å²) >= 11 is 0. The minimum atomic E-state index is -4.41. The van der Waals surface area contributed by atoms with Crippen molar-refractivity contribution in [2.75, 3.05) is 6.61 Å². The molecule has 1 aliphatic heterocycles. The Balaban J connectivity index is 1.50. The van der Waals surface area contributed by atoms with E-state index in [1.165, 1.54) is 0 Å². The molecule has 0 radical (unpaired) electrons. The van der Waals surface area contributed by atoms with Gasteiger partial charge in [-0.15, -0.1) is 0 Å². The van der Waals surface area contributed by atoms with Gasteiger partial charge in [0.05, 0.1) is 12.1 Å². The normalized spacial score (nSPS) is 20.1. The number of nitrogens with zero attached hydrogens (tertiary/aromatic N) is 5. The molecule has 156 valence electrons. The fraction of sp³-hybridized carbons (Fsp3) is 0.368. The predicted octanol–water partition coefficient (Wildman–Crippen LogP) is 2.35. The lowest BCUT2D eigenvalue weighted by atomic mass is 10.0. The quantitative estimate of drug-likeness (QED) is 0.701. The number of hydrogen-bond acceptors (Lipinski definition) is 5. The van der Waals surface area contributed by atoms with E-state index in [9.17, 15) is 18.0 Å². The number of hydrogen-bond donors (Lipinski definition) is 1. The highest BCUT2D eigenvalue weighted by molar-refractivity contribution is 5.81. The van der Waals surface area contributed by atoms with Crippen LogP contribution in [-0.4, -0.2) is 43.0 Å². The van der Waals surface area contributed by atoms with E-state index in [0.717, 1.165) is 28.6 Å². The van der Waals surface area contributed by atoms with Gasteiger partial charge >= 0.3 is 6.18 Å². The van der Waals surface area contributed by atoms with Crippen molar-refractivity contribution in [1.29, 1.82) is 0 Å². The molecule has 0 spiro atoms. The summed E-state index contributed by atoms with van der Waals surface area (Å²) in [5.41, 5.74) is 7.39. The number of carbonyl (C=O) groups excluding carboxylic acids is 1. The maximum Gasteiger partial charge on any atom is 0.408 e. The number of benzene rings is 1. The van der Waals surface area contributed by atoms with E-state index in [-0.39, 0.29) is 23.6 Å². The first kappa shape index (κ1) is 18.6. The fourth-order valence-corrected chi connectivity index (χ4v) is 3.86. The Labute approximate surface area is 168 Å². The predicted molar refractivity (Wildman–Crippen MR) is 98.3 cm³/mol. The topological polar surface area (TPSA) is 101 Å². The average Bonchev–Trinajstić information content (AvgIpc) is 3.25. The first-order chi connectivity index (χ1) is 14.3. The SMILES string of the molecule is NC(=O)[C@@H]1C[C@H]1c1ccc2c(c1)OCCn1cc(-c3ncnn3CC(F)(F)F)nc1-2. The van der Waals surface area contributed by atoms with Gasteiger partial charge in [0, 0.05) is 12.1 Å². The summed E-state index contributed by atoms with van der Waals surface area (Å²) in [5, 5.41) is 3.68. The number of fused-ring (bicyclic) bond motifs is 3. The van der Waals surface area contributed by atoms with E-state index in [1.54, 1.807) is 6.20 Å². The van der Waals surface area contributed by atoms with Crippen molar-refractivity contribution in [3.05, 3.63) is 36.3 Å². The summed E-state index contributed by atoms with van der Waals surface area (Å²) in [5.74, 6) is 0.884. The first-order valence-corrected chi connectivity index (χ1v) is 9.39. The first-order valence-electron chi connectivity index (χ1n) is 9.39. The van der Waals surface area contributed by atoms with Gasteiger partial charge in [0.25, 0.3) is 0 Å². The van der Waals surface area contributed by atoms with Crippen molar-refractivity contribution < 1.29 is 22.7 Å². The summed E-state index contributed by atoms with van der Waals surface area (Å²) in [6.07, 6.45) is -0.953. The van der Waals surface area contributed by atoms with Crippen LogP contribution >= 0.6 is 0 Å². The molecule has 0 saturated heterocycles. The number of imidazole rings is 1. The zero-order valence-corrected chi connectivity index (χ0v) is 15.6. The van der Waals surface area contributed by atoms with E-state index in [4.69, 9.17) is 10.5 Å². The molecule has 11 heteroatoms. The lowest BCUT2D eigenvalue weighted by molar-refractivity contribution is -0.142. The molecule has 1 aromatic carbocycles. The molecule has 1 aliphatic carbocycles. The van der Waals surface area contributed by atoms with Gasteiger partial charge in [0.1, 0.15) is 36.7 Å². The molecule has 1 amide bonds. The van der Waals surface area contributed by atoms with Crippen LogP contribution in [0.15, 0.2) is 30.7 Å². The highest BCUT2D eigenvalue weighted by Gasteiger charge is 2.43. The van der Waals surface area contributed by atoms with Crippen molar-refractivity contribution in [3.63, 3.8) is 0 Å². The number of halogens is 3. The van der Waals surface area contributed by atoms with Crippen molar-refractivity contribution >= 4 is 5.91 Å². The van der Waals surface area contributed by atoms with Crippen LogP contribution in [0.5, 0.6) is 5.75 Å². The Morgan fingerprint density at radius 3 is 2.87 bits per heavy atom. The Morgan fingerprint density at radius 1 is 1.30 bits per heavy atom. The van der Waals surface area contributed by atoms with Crippen molar-refractivity contribution in [2.24, 2.45) is 11.7 Å². The number of amides is 1. The highest BCUT2D eigenvalue weighted by Crippen LogP contribution is 2.49. The molecule has 2 aliphatic rings. The molecule has 30 heavy (non-hydrogen) atoms. The summed E-state index contributed by atoms with van der Waals surface area (Å²) in [6.45, 7) is -0.387. The molecule has 3 aromatic rings. The van der Waals surface area contributed by atoms with E-state index >= 15 is 0 Å². The molecule has 1 saturated carbocycles. The van der Waals surface area contributed by atoms with Crippen LogP contribution in [0, 0.1) is 5.92 Å². The smallest absolute Gasteiger partial charge is 0.408 e. The maximum absolute atomic E-state index is 12.8. The van der Waals surface area contributed by atoms with Crippen molar-refractivity contribution in [3.8, 4) is 28.7 Å². The summed E-state index contributed by atoms with van der Waals surface area (Å²) in [4.78, 5) is 19.9. The van der Waals surface area contributed by atoms with Gasteiger partial charge in [0.15, 0.2) is 5.82 Å². The molecule has 0 bridgehead atoms. The van der Waals surface area contributed by atoms with Crippen LogP contribution in [0.25, 0.3) is 22.9 Å². The van der Waals surface area contributed by atoms with E-state index in [0.29, 0.717) is 30.4 Å². The number of aromatic nitrogens is 5. The third-order valence-electron chi connectivity index (χ3n) is 5.37. The van der Waals surface area contributed by atoms with Crippen LogP contribution in [0.4, 0.5) is 13.2 Å². The summed E-state index contributed by atoms with van der Waals surface area (Å²) in [7, 11) is 0.